The number of carbonyl (C=O) groups excluding carboxylic acids is 1. The molecule has 0 atom stereocenters. The normalized spacial score (nSPS) is 11.4. The average Bonchev–Trinajstić information content (AvgIpc) is 1.83. The molecule has 0 aromatic rings. The Morgan fingerprint density at radius 1 is 2.00 bits per heavy atom. The molecule has 0 aromatic carbocycles. The summed E-state index contributed by atoms with van der Waals surface area (Å²) in [4.78, 5) is 9.82. The Morgan fingerprint density at radius 2 is 2.62 bits per heavy atom. The summed E-state index contributed by atoms with van der Waals surface area (Å²) >= 11 is 1.44. The van der Waals surface area contributed by atoms with Crippen molar-refractivity contribution in [3.63, 3.8) is 0 Å². The molecular formula is C4H7NO2S. The molecule has 0 aliphatic carbocycles. The minimum Gasteiger partial charge on any atom is -0.411 e. The van der Waals surface area contributed by atoms with Crippen molar-refractivity contribution < 1.29 is 10.0 Å². The molecule has 0 fully saturated rings. The molecule has 8 heavy (non-hydrogen) atoms. The smallest absolute Gasteiger partial charge is 0.168 e. The van der Waals surface area contributed by atoms with E-state index in [2.05, 4.69) is 5.16 Å². The molecule has 0 saturated carbocycles. The Balaban J connectivity index is 3.54. The minimum absolute atomic E-state index is 0.178. The summed E-state index contributed by atoms with van der Waals surface area (Å²) in [6, 6.07) is 0. The molecule has 4 heteroatoms. The minimum atomic E-state index is 0.178. The number of hydrogen-bond acceptors (Lipinski definition) is 4. The van der Waals surface area contributed by atoms with Gasteiger partial charge in [0.2, 0.25) is 0 Å². The fraction of sp³-hybridized carbons (Fsp3) is 0.500. The van der Waals surface area contributed by atoms with Crippen molar-refractivity contribution in [3.8, 4) is 0 Å². The summed E-state index contributed by atoms with van der Waals surface area (Å²) in [7, 11) is 0. The van der Waals surface area contributed by atoms with E-state index in [4.69, 9.17) is 5.21 Å². The third-order valence-electron chi connectivity index (χ3n) is 0.557. The van der Waals surface area contributed by atoms with Crippen molar-refractivity contribution in [2.45, 2.75) is 0 Å². The van der Waals surface area contributed by atoms with E-state index in [0.717, 1.165) is 0 Å². The first-order valence-corrected chi connectivity index (χ1v) is 3.39. The van der Waals surface area contributed by atoms with Gasteiger partial charge in [0.25, 0.3) is 0 Å². The number of nitrogens with zero attached hydrogens (tertiary/aromatic N) is 1. The Labute approximate surface area is 51.8 Å². The zero-order chi connectivity index (χ0) is 6.41. The summed E-state index contributed by atoms with van der Waals surface area (Å²) in [5.74, 6) is 0.472. The third-order valence-corrected chi connectivity index (χ3v) is 1.14. The van der Waals surface area contributed by atoms with Crippen molar-refractivity contribution in [3.05, 3.63) is 0 Å². The van der Waals surface area contributed by atoms with Gasteiger partial charge in [-0.2, -0.15) is 11.8 Å². The van der Waals surface area contributed by atoms with E-state index in [-0.39, 0.29) is 5.71 Å². The molecular weight excluding hydrogens is 126 g/mol. The van der Waals surface area contributed by atoms with Crippen LogP contribution in [-0.2, 0) is 4.79 Å². The van der Waals surface area contributed by atoms with Gasteiger partial charge in [-0.3, -0.25) is 4.79 Å². The van der Waals surface area contributed by atoms with Crippen LogP contribution in [0.15, 0.2) is 5.16 Å². The van der Waals surface area contributed by atoms with Gasteiger partial charge >= 0.3 is 0 Å². The van der Waals surface area contributed by atoms with Gasteiger partial charge in [-0.15, -0.1) is 0 Å². The van der Waals surface area contributed by atoms with Gasteiger partial charge in [0, 0.05) is 5.75 Å². The molecule has 0 saturated heterocycles. The molecule has 0 aliphatic heterocycles. The van der Waals surface area contributed by atoms with E-state index < -0.39 is 0 Å². The van der Waals surface area contributed by atoms with Crippen LogP contribution in [-0.4, -0.2) is 29.2 Å². The van der Waals surface area contributed by atoms with Crippen LogP contribution in [0, 0.1) is 0 Å². The SMILES string of the molecule is CSCC(C=O)=NO. The topological polar surface area (TPSA) is 49.7 Å². The van der Waals surface area contributed by atoms with Crippen LogP contribution in [0.25, 0.3) is 0 Å². The van der Waals surface area contributed by atoms with E-state index in [1.54, 1.807) is 0 Å². The average molecular weight is 133 g/mol. The molecule has 0 unspecified atom stereocenters. The predicted octanol–water partition coefficient (Wildman–Crippen LogP) is 0.379. The van der Waals surface area contributed by atoms with Crippen LogP contribution in [0.4, 0.5) is 0 Å². The Morgan fingerprint density at radius 3 is 2.75 bits per heavy atom. The van der Waals surface area contributed by atoms with E-state index in [0.29, 0.717) is 12.0 Å². The molecule has 0 amide bonds. The largest absolute Gasteiger partial charge is 0.411 e. The summed E-state index contributed by atoms with van der Waals surface area (Å²) in [6.45, 7) is 0. The Hall–Kier alpha value is -0.510. The van der Waals surface area contributed by atoms with Crippen LogP contribution < -0.4 is 0 Å². The maximum Gasteiger partial charge on any atom is 0.168 e. The predicted molar refractivity (Wildman–Crippen MR) is 33.7 cm³/mol. The summed E-state index contributed by atoms with van der Waals surface area (Å²) in [6.07, 6.45) is 2.37. The lowest BCUT2D eigenvalue weighted by molar-refractivity contribution is -0.102. The van der Waals surface area contributed by atoms with Gasteiger partial charge in [0.05, 0.1) is 0 Å². The molecule has 1 N–H and O–H groups in total. The van der Waals surface area contributed by atoms with Crippen LogP contribution in [0.1, 0.15) is 0 Å². The van der Waals surface area contributed by atoms with Crippen molar-refractivity contribution in [1.82, 2.24) is 0 Å². The van der Waals surface area contributed by atoms with Crippen LogP contribution in [0.5, 0.6) is 0 Å². The van der Waals surface area contributed by atoms with E-state index in [9.17, 15) is 4.79 Å². The number of thioether (sulfide) groups is 1. The van der Waals surface area contributed by atoms with Crippen LogP contribution in [0.2, 0.25) is 0 Å². The standard InChI is InChI=1S/C4H7NO2S/c1-8-3-4(2-6)5-7/h2,7H,3H2,1H3. The van der Waals surface area contributed by atoms with Gasteiger partial charge in [-0.05, 0) is 6.26 Å². The Bertz CT molecular complexity index is 102. The van der Waals surface area contributed by atoms with Gasteiger partial charge < -0.3 is 5.21 Å². The molecule has 0 aromatic heterocycles. The summed E-state index contributed by atoms with van der Waals surface area (Å²) in [5.41, 5.74) is 0.178. The Kier molecular flexibility index (Phi) is 4.35. The molecule has 0 rings (SSSR count). The monoisotopic (exact) mass is 133 g/mol. The second-order valence-corrected chi connectivity index (χ2v) is 2.01. The maximum atomic E-state index is 9.82. The molecule has 0 spiro atoms. The highest BCUT2D eigenvalue weighted by atomic mass is 32.2. The molecule has 0 radical (unpaired) electrons. The van der Waals surface area contributed by atoms with Gasteiger partial charge in [-0.25, -0.2) is 0 Å². The highest BCUT2D eigenvalue weighted by Crippen LogP contribution is 1.90. The fourth-order valence-electron chi connectivity index (χ4n) is 0.234. The van der Waals surface area contributed by atoms with Crippen molar-refractivity contribution in [1.29, 1.82) is 0 Å². The highest BCUT2D eigenvalue weighted by molar-refractivity contribution is 7.99. The van der Waals surface area contributed by atoms with Crippen molar-refractivity contribution >= 4 is 23.8 Å². The van der Waals surface area contributed by atoms with Gasteiger partial charge in [0.1, 0.15) is 5.71 Å². The number of rotatable bonds is 3. The first kappa shape index (κ1) is 7.49. The van der Waals surface area contributed by atoms with Crippen LogP contribution >= 0.6 is 11.8 Å². The molecule has 0 aliphatic rings. The van der Waals surface area contributed by atoms with E-state index in [1.165, 1.54) is 11.8 Å². The second kappa shape index (κ2) is 4.64. The quantitative estimate of drug-likeness (QED) is 0.262. The van der Waals surface area contributed by atoms with Crippen LogP contribution in [0.3, 0.4) is 0 Å². The number of carbonyl (C=O) groups is 1. The molecule has 3 nitrogen and oxygen atoms in total. The zero-order valence-corrected chi connectivity index (χ0v) is 5.31. The first-order chi connectivity index (χ1) is 3.85. The van der Waals surface area contributed by atoms with E-state index >= 15 is 0 Å². The first-order valence-electron chi connectivity index (χ1n) is 2.00. The lowest BCUT2D eigenvalue weighted by Crippen LogP contribution is -2.01. The van der Waals surface area contributed by atoms with Gasteiger partial charge in [-0.1, -0.05) is 5.16 Å². The third kappa shape index (κ3) is 2.63. The molecule has 0 bridgehead atoms. The molecule has 0 heterocycles. The number of hydrogen-bond donors (Lipinski definition) is 1. The maximum absolute atomic E-state index is 9.82. The summed E-state index contributed by atoms with van der Waals surface area (Å²) in [5, 5.41) is 10.7. The number of oxime groups is 1. The highest BCUT2D eigenvalue weighted by Gasteiger charge is 1.92. The van der Waals surface area contributed by atoms with Gasteiger partial charge in [0.15, 0.2) is 6.29 Å². The second-order valence-electron chi connectivity index (χ2n) is 1.14. The lowest BCUT2D eigenvalue weighted by atomic mass is 10.5. The summed E-state index contributed by atoms with van der Waals surface area (Å²) < 4.78 is 0. The van der Waals surface area contributed by atoms with E-state index in [1.807, 2.05) is 6.26 Å². The van der Waals surface area contributed by atoms with Crippen molar-refractivity contribution in [2.75, 3.05) is 12.0 Å². The lowest BCUT2D eigenvalue weighted by Gasteiger charge is -1.86. The molecule has 46 valence electrons. The fourth-order valence-corrected chi connectivity index (χ4v) is 0.656. The van der Waals surface area contributed by atoms with Crippen molar-refractivity contribution in [2.24, 2.45) is 5.16 Å². The zero-order valence-electron chi connectivity index (χ0n) is 4.50. The number of aldehydes is 1.